The van der Waals surface area contributed by atoms with Crippen LogP contribution < -0.4 is 16.4 Å². The van der Waals surface area contributed by atoms with Crippen LogP contribution in [-0.2, 0) is 11.3 Å². The molecule has 0 radical (unpaired) electrons. The molecule has 1 fully saturated rings. The van der Waals surface area contributed by atoms with Gasteiger partial charge in [-0.1, -0.05) is 0 Å². The van der Waals surface area contributed by atoms with Gasteiger partial charge in [0.25, 0.3) is 0 Å². The first-order valence-electron chi connectivity index (χ1n) is 5.83. The quantitative estimate of drug-likeness (QED) is 0.670. The molecule has 0 spiro atoms. The Morgan fingerprint density at radius 2 is 2.53 bits per heavy atom. The van der Waals surface area contributed by atoms with E-state index in [1.165, 1.54) is 0 Å². The lowest BCUT2D eigenvalue weighted by Gasteiger charge is -2.10. The minimum Gasteiger partial charge on any atom is -0.349 e. The van der Waals surface area contributed by atoms with E-state index in [1.807, 2.05) is 19.1 Å². The van der Waals surface area contributed by atoms with E-state index >= 15 is 0 Å². The average molecular weight is 234 g/mol. The molecule has 1 aromatic rings. The Bertz CT molecular complexity index is 407. The second-order valence-corrected chi connectivity index (χ2v) is 4.50. The van der Waals surface area contributed by atoms with E-state index in [1.54, 1.807) is 6.20 Å². The number of carbonyl (C=O) groups is 1. The SMILES string of the molecule is Cc1ccnc(CNC(=O)C2CC(N)CN2)c1. The number of rotatable bonds is 3. The molecule has 1 saturated heterocycles. The summed E-state index contributed by atoms with van der Waals surface area (Å²) in [6.45, 7) is 3.18. The number of aryl methyl sites for hydroxylation is 1. The fourth-order valence-corrected chi connectivity index (χ4v) is 1.96. The van der Waals surface area contributed by atoms with Crippen LogP contribution in [0.4, 0.5) is 0 Å². The monoisotopic (exact) mass is 234 g/mol. The van der Waals surface area contributed by atoms with Gasteiger partial charge in [0.2, 0.25) is 5.91 Å². The fraction of sp³-hybridized carbons (Fsp3) is 0.500. The molecular formula is C12H18N4O. The average Bonchev–Trinajstić information content (AvgIpc) is 2.73. The minimum atomic E-state index is -0.158. The van der Waals surface area contributed by atoms with Crippen LogP contribution in [0.5, 0.6) is 0 Å². The van der Waals surface area contributed by atoms with E-state index in [-0.39, 0.29) is 18.0 Å². The molecule has 17 heavy (non-hydrogen) atoms. The van der Waals surface area contributed by atoms with Crippen LogP contribution in [0, 0.1) is 6.92 Å². The van der Waals surface area contributed by atoms with Crippen molar-refractivity contribution in [3.05, 3.63) is 29.6 Å². The van der Waals surface area contributed by atoms with Gasteiger partial charge in [0, 0.05) is 18.8 Å². The molecule has 0 saturated carbocycles. The first-order valence-corrected chi connectivity index (χ1v) is 5.83. The lowest BCUT2D eigenvalue weighted by molar-refractivity contribution is -0.123. The van der Waals surface area contributed by atoms with Gasteiger partial charge in [-0.25, -0.2) is 0 Å². The molecule has 1 amide bonds. The first kappa shape index (κ1) is 12.0. The Morgan fingerprint density at radius 1 is 1.71 bits per heavy atom. The van der Waals surface area contributed by atoms with Crippen LogP contribution >= 0.6 is 0 Å². The third kappa shape index (κ3) is 3.25. The minimum absolute atomic E-state index is 0.00116. The summed E-state index contributed by atoms with van der Waals surface area (Å²) in [5, 5.41) is 5.97. The Morgan fingerprint density at radius 3 is 3.18 bits per heavy atom. The first-order chi connectivity index (χ1) is 8.15. The molecule has 5 heteroatoms. The third-order valence-electron chi connectivity index (χ3n) is 2.90. The summed E-state index contributed by atoms with van der Waals surface area (Å²) in [6.07, 6.45) is 2.45. The van der Waals surface area contributed by atoms with Crippen molar-refractivity contribution in [3.8, 4) is 0 Å². The van der Waals surface area contributed by atoms with Crippen molar-refractivity contribution < 1.29 is 4.79 Å². The Kier molecular flexibility index (Phi) is 3.71. The van der Waals surface area contributed by atoms with Crippen molar-refractivity contribution in [2.45, 2.75) is 32.0 Å². The number of amides is 1. The second-order valence-electron chi connectivity index (χ2n) is 4.50. The van der Waals surface area contributed by atoms with E-state index in [0.717, 1.165) is 11.3 Å². The van der Waals surface area contributed by atoms with Gasteiger partial charge in [-0.05, 0) is 31.0 Å². The van der Waals surface area contributed by atoms with Gasteiger partial charge in [-0.15, -0.1) is 0 Å². The summed E-state index contributed by atoms with van der Waals surface area (Å²) in [5.74, 6) is 0.00116. The standard InChI is InChI=1S/C12H18N4O/c1-8-2-3-14-10(4-8)7-16-12(17)11-5-9(13)6-15-11/h2-4,9,11,15H,5-7,13H2,1H3,(H,16,17). The predicted molar refractivity (Wildman–Crippen MR) is 65.2 cm³/mol. The molecule has 0 aromatic carbocycles. The van der Waals surface area contributed by atoms with Crippen LogP contribution in [0.25, 0.3) is 0 Å². The summed E-state index contributed by atoms with van der Waals surface area (Å²) < 4.78 is 0. The van der Waals surface area contributed by atoms with Crippen molar-refractivity contribution in [1.82, 2.24) is 15.6 Å². The Labute approximate surface area is 101 Å². The van der Waals surface area contributed by atoms with Gasteiger partial charge in [-0.2, -0.15) is 0 Å². The van der Waals surface area contributed by atoms with Crippen LogP contribution in [0.15, 0.2) is 18.3 Å². The summed E-state index contributed by atoms with van der Waals surface area (Å²) in [6, 6.07) is 3.83. The molecule has 4 N–H and O–H groups in total. The number of pyridine rings is 1. The molecule has 5 nitrogen and oxygen atoms in total. The largest absolute Gasteiger partial charge is 0.349 e. The number of nitrogens with zero attached hydrogens (tertiary/aromatic N) is 1. The van der Waals surface area contributed by atoms with E-state index in [4.69, 9.17) is 5.73 Å². The fourth-order valence-electron chi connectivity index (χ4n) is 1.96. The zero-order valence-electron chi connectivity index (χ0n) is 9.94. The van der Waals surface area contributed by atoms with Crippen LogP contribution in [0.1, 0.15) is 17.7 Å². The second kappa shape index (κ2) is 5.25. The highest BCUT2D eigenvalue weighted by Crippen LogP contribution is 2.05. The Hall–Kier alpha value is -1.46. The molecule has 0 bridgehead atoms. The van der Waals surface area contributed by atoms with Gasteiger partial charge in [-0.3, -0.25) is 9.78 Å². The van der Waals surface area contributed by atoms with Gasteiger partial charge >= 0.3 is 0 Å². The summed E-state index contributed by atoms with van der Waals surface area (Å²) in [4.78, 5) is 16.0. The Balaban J connectivity index is 1.84. The molecule has 0 aliphatic carbocycles. The van der Waals surface area contributed by atoms with Crippen molar-refractivity contribution in [2.75, 3.05) is 6.54 Å². The zero-order valence-corrected chi connectivity index (χ0v) is 9.94. The number of hydrogen-bond donors (Lipinski definition) is 3. The van der Waals surface area contributed by atoms with Crippen LogP contribution in [0.3, 0.4) is 0 Å². The van der Waals surface area contributed by atoms with E-state index in [9.17, 15) is 4.79 Å². The smallest absolute Gasteiger partial charge is 0.237 e. The molecule has 2 atom stereocenters. The normalized spacial score (nSPS) is 23.6. The number of carbonyl (C=O) groups excluding carboxylic acids is 1. The predicted octanol–water partition coefficient (Wildman–Crippen LogP) is -0.305. The summed E-state index contributed by atoms with van der Waals surface area (Å²) in [7, 11) is 0. The number of nitrogens with one attached hydrogen (secondary N) is 2. The van der Waals surface area contributed by atoms with E-state index in [2.05, 4.69) is 15.6 Å². The van der Waals surface area contributed by atoms with Crippen molar-refractivity contribution in [2.24, 2.45) is 5.73 Å². The number of hydrogen-bond acceptors (Lipinski definition) is 4. The van der Waals surface area contributed by atoms with E-state index < -0.39 is 0 Å². The third-order valence-corrected chi connectivity index (χ3v) is 2.90. The highest BCUT2D eigenvalue weighted by atomic mass is 16.2. The van der Waals surface area contributed by atoms with Crippen LogP contribution in [0.2, 0.25) is 0 Å². The van der Waals surface area contributed by atoms with Gasteiger partial charge in [0.1, 0.15) is 0 Å². The van der Waals surface area contributed by atoms with E-state index in [0.29, 0.717) is 19.5 Å². The van der Waals surface area contributed by atoms with Crippen molar-refractivity contribution in [3.63, 3.8) is 0 Å². The number of nitrogens with two attached hydrogens (primary N) is 1. The van der Waals surface area contributed by atoms with Crippen molar-refractivity contribution >= 4 is 5.91 Å². The topological polar surface area (TPSA) is 80.0 Å². The molecule has 92 valence electrons. The highest BCUT2D eigenvalue weighted by Gasteiger charge is 2.26. The summed E-state index contributed by atoms with van der Waals surface area (Å²) >= 11 is 0. The molecule has 2 heterocycles. The molecule has 1 aromatic heterocycles. The molecule has 1 aliphatic rings. The number of aromatic nitrogens is 1. The summed E-state index contributed by atoms with van der Waals surface area (Å²) in [5.41, 5.74) is 7.75. The lowest BCUT2D eigenvalue weighted by Crippen LogP contribution is -2.40. The van der Waals surface area contributed by atoms with Crippen molar-refractivity contribution in [1.29, 1.82) is 0 Å². The lowest BCUT2D eigenvalue weighted by atomic mass is 10.1. The highest BCUT2D eigenvalue weighted by molar-refractivity contribution is 5.82. The van der Waals surface area contributed by atoms with Gasteiger partial charge in [0.15, 0.2) is 0 Å². The zero-order chi connectivity index (χ0) is 12.3. The molecule has 2 rings (SSSR count). The maximum absolute atomic E-state index is 11.8. The molecule has 2 unspecified atom stereocenters. The van der Waals surface area contributed by atoms with Gasteiger partial charge < -0.3 is 16.4 Å². The van der Waals surface area contributed by atoms with Gasteiger partial charge in [0.05, 0.1) is 18.3 Å². The maximum Gasteiger partial charge on any atom is 0.237 e. The molecule has 1 aliphatic heterocycles. The molecular weight excluding hydrogens is 216 g/mol. The van der Waals surface area contributed by atoms with Crippen LogP contribution in [-0.4, -0.2) is 29.5 Å². The maximum atomic E-state index is 11.8.